The van der Waals surface area contributed by atoms with Crippen molar-refractivity contribution < 1.29 is 4.79 Å². The lowest BCUT2D eigenvalue weighted by molar-refractivity contribution is 0.0983. The topological polar surface area (TPSA) is 66.1 Å². The van der Waals surface area contributed by atoms with Crippen LogP contribution in [0.3, 0.4) is 0 Å². The van der Waals surface area contributed by atoms with Gasteiger partial charge in [-0.25, -0.2) is 5.10 Å². The number of hydrogen-bond acceptors (Lipinski definition) is 3. The van der Waals surface area contributed by atoms with Gasteiger partial charge in [0.15, 0.2) is 5.69 Å². The summed E-state index contributed by atoms with van der Waals surface area (Å²) in [6.45, 7) is 2.84. The number of aromatic amines is 1. The lowest BCUT2D eigenvalue weighted by Crippen LogP contribution is -2.33. The summed E-state index contributed by atoms with van der Waals surface area (Å²) in [4.78, 5) is 27.1. The molecule has 1 N–H and O–H groups in total. The molecule has 0 saturated carbocycles. The molecule has 0 radical (unpaired) electrons. The number of amides is 1. The number of hydrogen-bond donors (Lipinski definition) is 1. The zero-order valence-corrected chi connectivity index (χ0v) is 14.0. The summed E-state index contributed by atoms with van der Waals surface area (Å²) >= 11 is 0. The summed E-state index contributed by atoms with van der Waals surface area (Å²) in [7, 11) is 0. The van der Waals surface area contributed by atoms with Crippen molar-refractivity contribution in [1.29, 1.82) is 0 Å². The molecule has 1 amide bonds. The highest BCUT2D eigenvalue weighted by atomic mass is 16.2. The van der Waals surface area contributed by atoms with Crippen molar-refractivity contribution in [3.05, 3.63) is 70.1 Å². The second-order valence-electron chi connectivity index (χ2n) is 6.51. The zero-order valence-electron chi connectivity index (χ0n) is 14.0. The van der Waals surface area contributed by atoms with Gasteiger partial charge in [-0.05, 0) is 36.5 Å². The van der Waals surface area contributed by atoms with Gasteiger partial charge < -0.3 is 4.90 Å². The van der Waals surface area contributed by atoms with Crippen LogP contribution in [0.25, 0.3) is 10.8 Å². The van der Waals surface area contributed by atoms with Gasteiger partial charge in [-0.15, -0.1) is 0 Å². The number of aromatic nitrogens is 2. The Balaban J connectivity index is 1.86. The maximum Gasteiger partial charge on any atom is 0.279 e. The molecular formula is C20H19N3O2. The van der Waals surface area contributed by atoms with Crippen LogP contribution in [-0.4, -0.2) is 22.6 Å². The molecule has 0 saturated heterocycles. The first-order valence-electron chi connectivity index (χ1n) is 8.55. The van der Waals surface area contributed by atoms with Crippen LogP contribution < -0.4 is 10.5 Å². The van der Waals surface area contributed by atoms with Crippen LogP contribution in [0.15, 0.2) is 53.3 Å². The molecule has 1 aromatic heterocycles. The molecule has 0 fully saturated rings. The first-order valence-corrected chi connectivity index (χ1v) is 8.55. The Labute approximate surface area is 145 Å². The molecule has 1 aliphatic heterocycles. The van der Waals surface area contributed by atoms with E-state index in [9.17, 15) is 9.59 Å². The lowest BCUT2D eigenvalue weighted by Gasteiger charge is -2.23. The first-order chi connectivity index (χ1) is 12.2. The second-order valence-corrected chi connectivity index (χ2v) is 6.51. The SMILES string of the molecule is CC1CCCN(C(=O)c2n[nH]c(=O)c3ccccc23)c2ccccc21. The van der Waals surface area contributed by atoms with Gasteiger partial charge in [0.25, 0.3) is 11.5 Å². The zero-order chi connectivity index (χ0) is 17.4. The summed E-state index contributed by atoms with van der Waals surface area (Å²) in [5.74, 6) is 0.239. The second kappa shape index (κ2) is 6.16. The molecule has 0 spiro atoms. The van der Waals surface area contributed by atoms with Gasteiger partial charge in [-0.3, -0.25) is 9.59 Å². The van der Waals surface area contributed by atoms with E-state index in [1.165, 1.54) is 5.56 Å². The molecule has 126 valence electrons. The van der Waals surface area contributed by atoms with E-state index >= 15 is 0 Å². The molecule has 5 heteroatoms. The summed E-state index contributed by atoms with van der Waals surface area (Å²) in [5.41, 5.74) is 2.13. The standard InChI is InChI=1S/C20H19N3O2/c1-13-7-6-12-23(17-11-5-4-8-14(13)17)20(25)18-15-9-2-3-10-16(15)19(24)22-21-18/h2-5,8-11,13H,6-7,12H2,1H3,(H,22,24). The number of H-pyrrole nitrogens is 1. The number of carbonyl (C=O) groups is 1. The average Bonchev–Trinajstić information content (AvgIpc) is 2.81. The van der Waals surface area contributed by atoms with Crippen LogP contribution >= 0.6 is 0 Å². The largest absolute Gasteiger partial charge is 0.307 e. The van der Waals surface area contributed by atoms with E-state index in [1.54, 1.807) is 23.1 Å². The van der Waals surface area contributed by atoms with Crippen molar-refractivity contribution in [2.45, 2.75) is 25.7 Å². The number of nitrogens with one attached hydrogen (secondary N) is 1. The number of nitrogens with zero attached hydrogens (tertiary/aromatic N) is 2. The number of rotatable bonds is 1. The van der Waals surface area contributed by atoms with Gasteiger partial charge >= 0.3 is 0 Å². The maximum atomic E-state index is 13.3. The molecule has 5 nitrogen and oxygen atoms in total. The Bertz CT molecular complexity index is 1010. The number of benzene rings is 2. The predicted molar refractivity (Wildman–Crippen MR) is 98.1 cm³/mol. The summed E-state index contributed by atoms with van der Waals surface area (Å²) in [6, 6.07) is 15.1. The van der Waals surface area contributed by atoms with Crippen molar-refractivity contribution in [2.75, 3.05) is 11.4 Å². The van der Waals surface area contributed by atoms with E-state index < -0.39 is 0 Å². The van der Waals surface area contributed by atoms with Crippen molar-refractivity contribution in [1.82, 2.24) is 10.2 Å². The molecule has 3 aromatic rings. The fraction of sp³-hybridized carbons (Fsp3) is 0.250. The number of carbonyl (C=O) groups excluding carboxylic acids is 1. The predicted octanol–water partition coefficient (Wildman–Crippen LogP) is 3.47. The third-order valence-corrected chi connectivity index (χ3v) is 4.92. The van der Waals surface area contributed by atoms with Crippen LogP contribution in [0.2, 0.25) is 0 Å². The molecular weight excluding hydrogens is 314 g/mol. The Morgan fingerprint density at radius 1 is 1.12 bits per heavy atom. The molecule has 2 heterocycles. The normalized spacial score (nSPS) is 17.2. The van der Waals surface area contributed by atoms with E-state index in [2.05, 4.69) is 23.2 Å². The van der Waals surface area contributed by atoms with Crippen LogP contribution in [0, 0.1) is 0 Å². The summed E-state index contributed by atoms with van der Waals surface area (Å²) in [6.07, 6.45) is 1.98. The Morgan fingerprint density at radius 3 is 2.68 bits per heavy atom. The first kappa shape index (κ1) is 15.6. The lowest BCUT2D eigenvalue weighted by atomic mass is 9.96. The average molecular weight is 333 g/mol. The third kappa shape index (κ3) is 2.61. The van der Waals surface area contributed by atoms with E-state index in [1.807, 2.05) is 24.3 Å². The van der Waals surface area contributed by atoms with Crippen molar-refractivity contribution in [3.8, 4) is 0 Å². The Morgan fingerprint density at radius 2 is 1.84 bits per heavy atom. The minimum absolute atomic E-state index is 0.172. The smallest absolute Gasteiger partial charge is 0.279 e. The minimum atomic E-state index is -0.281. The van der Waals surface area contributed by atoms with Crippen LogP contribution in [-0.2, 0) is 0 Å². The van der Waals surface area contributed by atoms with Gasteiger partial charge in [-0.2, -0.15) is 5.10 Å². The van der Waals surface area contributed by atoms with Gasteiger partial charge in [0.1, 0.15) is 0 Å². The quantitative estimate of drug-likeness (QED) is 0.741. The fourth-order valence-electron chi connectivity index (χ4n) is 3.60. The van der Waals surface area contributed by atoms with Gasteiger partial charge in [-0.1, -0.05) is 43.3 Å². The third-order valence-electron chi connectivity index (χ3n) is 4.92. The highest BCUT2D eigenvalue weighted by Gasteiger charge is 2.27. The van der Waals surface area contributed by atoms with Gasteiger partial charge in [0, 0.05) is 17.6 Å². The van der Waals surface area contributed by atoms with Crippen molar-refractivity contribution in [3.63, 3.8) is 0 Å². The van der Waals surface area contributed by atoms with Crippen molar-refractivity contribution >= 4 is 22.4 Å². The molecule has 2 aromatic carbocycles. The number of para-hydroxylation sites is 1. The van der Waals surface area contributed by atoms with Gasteiger partial charge in [0.05, 0.1) is 5.39 Å². The van der Waals surface area contributed by atoms with E-state index in [0.29, 0.717) is 28.9 Å². The highest BCUT2D eigenvalue weighted by Crippen LogP contribution is 2.34. The Hall–Kier alpha value is -2.95. The number of anilines is 1. The van der Waals surface area contributed by atoms with Crippen molar-refractivity contribution in [2.24, 2.45) is 0 Å². The molecule has 25 heavy (non-hydrogen) atoms. The molecule has 0 bridgehead atoms. The highest BCUT2D eigenvalue weighted by molar-refractivity contribution is 6.12. The number of fused-ring (bicyclic) bond motifs is 2. The molecule has 4 rings (SSSR count). The fourth-order valence-corrected chi connectivity index (χ4v) is 3.60. The van der Waals surface area contributed by atoms with E-state index in [-0.39, 0.29) is 11.5 Å². The molecule has 1 aliphatic rings. The maximum absolute atomic E-state index is 13.3. The Kier molecular flexibility index (Phi) is 3.84. The van der Waals surface area contributed by atoms with E-state index in [0.717, 1.165) is 18.5 Å². The molecule has 0 aliphatic carbocycles. The van der Waals surface area contributed by atoms with E-state index in [4.69, 9.17) is 0 Å². The van der Waals surface area contributed by atoms with Crippen LogP contribution in [0.5, 0.6) is 0 Å². The summed E-state index contributed by atoms with van der Waals surface area (Å²) < 4.78 is 0. The minimum Gasteiger partial charge on any atom is -0.307 e. The summed E-state index contributed by atoms with van der Waals surface area (Å²) in [5, 5.41) is 7.61. The molecule has 1 unspecified atom stereocenters. The van der Waals surface area contributed by atoms with Crippen LogP contribution in [0.1, 0.15) is 41.7 Å². The van der Waals surface area contributed by atoms with Gasteiger partial charge in [0.2, 0.25) is 0 Å². The van der Waals surface area contributed by atoms with Crippen LogP contribution in [0.4, 0.5) is 5.69 Å². The molecule has 1 atom stereocenters. The monoisotopic (exact) mass is 333 g/mol.